The van der Waals surface area contributed by atoms with E-state index in [1.807, 2.05) is 0 Å². The molecule has 2 saturated carbocycles. The second-order valence-electron chi connectivity index (χ2n) is 6.95. The van der Waals surface area contributed by atoms with E-state index < -0.39 is 5.97 Å². The summed E-state index contributed by atoms with van der Waals surface area (Å²) in [6.07, 6.45) is 5.76. The summed E-state index contributed by atoms with van der Waals surface area (Å²) in [6, 6.07) is 0.501. The molecule has 3 atom stereocenters. The first-order valence-electron chi connectivity index (χ1n) is 6.91. The lowest BCUT2D eigenvalue weighted by atomic mass is 9.68. The Hall–Kier alpha value is -0.830. The first kappa shape index (κ1) is 13.6. The number of nitrogens with one attached hydrogen (secondary N) is 1. The summed E-state index contributed by atoms with van der Waals surface area (Å²) in [6.45, 7) is 9.40. The highest BCUT2D eigenvalue weighted by Crippen LogP contribution is 2.62. The standard InChI is InChI=1S/C15H25NO2/c1-10(12(17)18)6-8-16-13-14(2,3)11-5-7-15(13,4)9-11/h6,11,13,16H,5,7-9H2,1-4H3,(H,17,18). The monoisotopic (exact) mass is 251 g/mol. The number of carbonyl (C=O) groups is 1. The van der Waals surface area contributed by atoms with Crippen LogP contribution in [0.25, 0.3) is 0 Å². The van der Waals surface area contributed by atoms with Crippen LogP contribution in [0.3, 0.4) is 0 Å². The number of rotatable bonds is 4. The average molecular weight is 251 g/mol. The van der Waals surface area contributed by atoms with E-state index in [9.17, 15) is 4.79 Å². The Morgan fingerprint density at radius 2 is 2.11 bits per heavy atom. The van der Waals surface area contributed by atoms with Crippen LogP contribution >= 0.6 is 0 Å². The zero-order chi connectivity index (χ0) is 13.6. The van der Waals surface area contributed by atoms with Gasteiger partial charge < -0.3 is 10.4 Å². The lowest BCUT2D eigenvalue weighted by molar-refractivity contribution is -0.132. The van der Waals surface area contributed by atoms with E-state index in [1.165, 1.54) is 19.3 Å². The summed E-state index contributed by atoms with van der Waals surface area (Å²) in [4.78, 5) is 10.7. The molecule has 3 unspecified atom stereocenters. The molecule has 3 nitrogen and oxygen atoms in total. The molecule has 0 radical (unpaired) electrons. The maximum absolute atomic E-state index is 10.7. The largest absolute Gasteiger partial charge is 0.478 e. The number of carboxylic acids is 1. The van der Waals surface area contributed by atoms with Crippen LogP contribution in [0.1, 0.15) is 47.0 Å². The molecule has 3 heteroatoms. The van der Waals surface area contributed by atoms with Gasteiger partial charge in [0.15, 0.2) is 0 Å². The van der Waals surface area contributed by atoms with Gasteiger partial charge in [0.1, 0.15) is 0 Å². The van der Waals surface area contributed by atoms with E-state index in [1.54, 1.807) is 13.0 Å². The molecule has 0 aromatic heterocycles. The Balaban J connectivity index is 2.01. The molecule has 2 rings (SSSR count). The number of aliphatic carboxylic acids is 1. The maximum atomic E-state index is 10.7. The number of fused-ring (bicyclic) bond motifs is 2. The van der Waals surface area contributed by atoms with E-state index >= 15 is 0 Å². The smallest absolute Gasteiger partial charge is 0.330 e. The predicted octanol–water partition coefficient (Wildman–Crippen LogP) is 2.82. The van der Waals surface area contributed by atoms with Crippen molar-refractivity contribution in [1.29, 1.82) is 0 Å². The van der Waals surface area contributed by atoms with Crippen LogP contribution in [0.2, 0.25) is 0 Å². The molecule has 0 spiro atoms. The van der Waals surface area contributed by atoms with E-state index in [0.29, 0.717) is 29.0 Å². The molecule has 2 fully saturated rings. The summed E-state index contributed by atoms with van der Waals surface area (Å²) >= 11 is 0. The van der Waals surface area contributed by atoms with E-state index in [2.05, 4.69) is 26.1 Å². The van der Waals surface area contributed by atoms with Gasteiger partial charge in [-0.3, -0.25) is 0 Å². The van der Waals surface area contributed by atoms with Crippen LogP contribution in [0, 0.1) is 16.7 Å². The van der Waals surface area contributed by atoms with Crippen molar-refractivity contribution in [2.75, 3.05) is 6.54 Å². The number of hydrogen-bond donors (Lipinski definition) is 2. The van der Waals surface area contributed by atoms with Gasteiger partial charge in [-0.25, -0.2) is 4.79 Å². The van der Waals surface area contributed by atoms with Gasteiger partial charge >= 0.3 is 5.97 Å². The quantitative estimate of drug-likeness (QED) is 0.755. The Morgan fingerprint density at radius 3 is 2.61 bits per heavy atom. The van der Waals surface area contributed by atoms with Gasteiger partial charge in [0.05, 0.1) is 0 Å². The lowest BCUT2D eigenvalue weighted by Crippen LogP contribution is -2.50. The minimum atomic E-state index is -0.824. The third-order valence-electron chi connectivity index (χ3n) is 5.34. The van der Waals surface area contributed by atoms with Gasteiger partial charge in [-0.1, -0.05) is 26.8 Å². The molecule has 0 heterocycles. The lowest BCUT2D eigenvalue weighted by Gasteiger charge is -2.43. The predicted molar refractivity (Wildman–Crippen MR) is 72.4 cm³/mol. The van der Waals surface area contributed by atoms with Gasteiger partial charge in [0.2, 0.25) is 0 Å². The molecular weight excluding hydrogens is 226 g/mol. The SMILES string of the molecule is CC(=CCNC1C2(C)CCC(C2)C1(C)C)C(=O)O. The normalized spacial score (nSPS) is 38.1. The highest BCUT2D eigenvalue weighted by molar-refractivity contribution is 5.85. The van der Waals surface area contributed by atoms with E-state index in [4.69, 9.17) is 5.11 Å². The summed E-state index contributed by atoms with van der Waals surface area (Å²) in [5.41, 5.74) is 1.16. The van der Waals surface area contributed by atoms with Crippen molar-refractivity contribution in [3.05, 3.63) is 11.6 Å². The van der Waals surface area contributed by atoms with Crippen LogP contribution in [0.4, 0.5) is 0 Å². The molecule has 0 aliphatic heterocycles. The Labute approximate surface area is 110 Å². The average Bonchev–Trinajstić information content (AvgIpc) is 2.73. The van der Waals surface area contributed by atoms with Gasteiger partial charge in [-0.2, -0.15) is 0 Å². The minimum absolute atomic E-state index is 0.331. The van der Waals surface area contributed by atoms with Crippen molar-refractivity contribution in [2.24, 2.45) is 16.7 Å². The van der Waals surface area contributed by atoms with Crippen LogP contribution in [-0.4, -0.2) is 23.7 Å². The van der Waals surface area contributed by atoms with Crippen molar-refractivity contribution >= 4 is 5.97 Å². The second-order valence-corrected chi connectivity index (χ2v) is 6.95. The second kappa shape index (κ2) is 4.37. The molecule has 2 aliphatic rings. The Morgan fingerprint density at radius 1 is 1.44 bits per heavy atom. The summed E-state index contributed by atoms with van der Waals surface area (Å²) in [5.74, 6) is -0.000218. The zero-order valence-electron chi connectivity index (χ0n) is 11.9. The fourth-order valence-corrected chi connectivity index (χ4v) is 4.23. The molecule has 0 saturated heterocycles. The van der Waals surface area contributed by atoms with Gasteiger partial charge in [-0.05, 0) is 42.9 Å². The molecular formula is C15H25NO2. The number of hydrogen-bond acceptors (Lipinski definition) is 2. The zero-order valence-corrected chi connectivity index (χ0v) is 11.9. The fraction of sp³-hybridized carbons (Fsp3) is 0.800. The van der Waals surface area contributed by atoms with Crippen LogP contribution in [-0.2, 0) is 4.79 Å². The maximum Gasteiger partial charge on any atom is 0.330 e. The van der Waals surface area contributed by atoms with Crippen molar-refractivity contribution in [3.63, 3.8) is 0 Å². The molecule has 0 aromatic carbocycles. The molecule has 2 bridgehead atoms. The van der Waals surface area contributed by atoms with Crippen LogP contribution < -0.4 is 5.32 Å². The van der Waals surface area contributed by atoms with Crippen molar-refractivity contribution in [3.8, 4) is 0 Å². The topological polar surface area (TPSA) is 49.3 Å². The van der Waals surface area contributed by atoms with Crippen LogP contribution in [0.5, 0.6) is 0 Å². The van der Waals surface area contributed by atoms with Crippen LogP contribution in [0.15, 0.2) is 11.6 Å². The first-order valence-corrected chi connectivity index (χ1v) is 6.91. The van der Waals surface area contributed by atoms with Gasteiger partial charge in [0, 0.05) is 18.2 Å². The third kappa shape index (κ3) is 2.09. The van der Waals surface area contributed by atoms with E-state index in [-0.39, 0.29) is 0 Å². The molecule has 2 N–H and O–H groups in total. The highest BCUT2D eigenvalue weighted by Gasteiger charge is 2.58. The summed E-state index contributed by atoms with van der Waals surface area (Å²) in [5, 5.41) is 12.4. The third-order valence-corrected chi connectivity index (χ3v) is 5.34. The van der Waals surface area contributed by atoms with Gasteiger partial charge in [-0.15, -0.1) is 0 Å². The van der Waals surface area contributed by atoms with Crippen molar-refractivity contribution in [1.82, 2.24) is 5.32 Å². The number of carboxylic acid groups (broad SMARTS) is 1. The fourth-order valence-electron chi connectivity index (χ4n) is 4.23. The van der Waals surface area contributed by atoms with E-state index in [0.717, 1.165) is 5.92 Å². The molecule has 102 valence electrons. The Kier molecular flexibility index (Phi) is 3.30. The summed E-state index contributed by atoms with van der Waals surface area (Å²) < 4.78 is 0. The molecule has 0 amide bonds. The first-order chi connectivity index (χ1) is 8.27. The Bertz CT molecular complexity index is 381. The molecule has 0 aromatic rings. The van der Waals surface area contributed by atoms with Crippen molar-refractivity contribution in [2.45, 2.75) is 53.0 Å². The summed E-state index contributed by atoms with van der Waals surface area (Å²) in [7, 11) is 0. The molecule has 18 heavy (non-hydrogen) atoms. The van der Waals surface area contributed by atoms with Gasteiger partial charge in [0.25, 0.3) is 0 Å². The highest BCUT2D eigenvalue weighted by atomic mass is 16.4. The minimum Gasteiger partial charge on any atom is -0.478 e. The van der Waals surface area contributed by atoms with Crippen molar-refractivity contribution < 1.29 is 9.90 Å². The molecule has 2 aliphatic carbocycles.